The molecule has 0 aliphatic carbocycles. The molecule has 0 radical (unpaired) electrons. The summed E-state index contributed by atoms with van der Waals surface area (Å²) in [5, 5.41) is 7.26. The minimum Gasteiger partial charge on any atom is -0.461 e. The third-order valence-corrected chi connectivity index (χ3v) is 5.65. The molecule has 0 N–H and O–H groups in total. The van der Waals surface area contributed by atoms with E-state index >= 15 is 0 Å². The first-order valence-electron chi connectivity index (χ1n) is 9.58. The molecule has 5 heteroatoms. The second-order valence-corrected chi connectivity index (χ2v) is 7.83. The van der Waals surface area contributed by atoms with E-state index in [2.05, 4.69) is 31.2 Å². The molecule has 3 aromatic carbocycles. The van der Waals surface area contributed by atoms with E-state index in [1.54, 1.807) is 23.2 Å². The Hall–Kier alpha value is -3.11. The van der Waals surface area contributed by atoms with E-state index in [0.29, 0.717) is 22.8 Å². The van der Waals surface area contributed by atoms with Gasteiger partial charge in [-0.05, 0) is 30.7 Å². The molecule has 2 heterocycles. The van der Waals surface area contributed by atoms with E-state index in [1.165, 1.54) is 5.56 Å². The van der Waals surface area contributed by atoms with Crippen molar-refractivity contribution in [1.82, 2.24) is 5.01 Å². The number of halogens is 1. The summed E-state index contributed by atoms with van der Waals surface area (Å²) < 4.78 is 6.13. The number of rotatable bonds is 3. The fourth-order valence-electron chi connectivity index (χ4n) is 3.90. The summed E-state index contributed by atoms with van der Waals surface area (Å²) in [5.41, 5.74) is 4.76. The summed E-state index contributed by atoms with van der Waals surface area (Å²) in [7, 11) is 0. The summed E-state index contributed by atoms with van der Waals surface area (Å²) in [4.78, 5) is 13.2. The molecule has 0 unspecified atom stereocenters. The summed E-state index contributed by atoms with van der Waals surface area (Å²) in [5.74, 6) is 0.579. The smallest absolute Gasteiger partial charge is 0.251 e. The molecule has 2 aliphatic rings. The number of hydrogen-bond donors (Lipinski definition) is 0. The number of ether oxygens (including phenoxy) is 1. The molecule has 0 saturated heterocycles. The van der Waals surface area contributed by atoms with Crippen LogP contribution < -0.4 is 4.74 Å². The minimum absolute atomic E-state index is 0.0913. The van der Waals surface area contributed by atoms with E-state index in [9.17, 15) is 4.79 Å². The Labute approximate surface area is 174 Å². The summed E-state index contributed by atoms with van der Waals surface area (Å²) >= 11 is 6.25. The molecule has 4 nitrogen and oxygen atoms in total. The Morgan fingerprint density at radius 2 is 1.83 bits per heavy atom. The van der Waals surface area contributed by atoms with Gasteiger partial charge < -0.3 is 4.74 Å². The van der Waals surface area contributed by atoms with E-state index in [1.807, 2.05) is 30.3 Å². The van der Waals surface area contributed by atoms with Crippen molar-refractivity contribution in [3.8, 4) is 5.75 Å². The minimum atomic E-state index is -0.806. The molecular formula is C24H19ClN2O2. The van der Waals surface area contributed by atoms with Crippen molar-refractivity contribution in [2.45, 2.75) is 25.6 Å². The van der Waals surface area contributed by atoms with Crippen LogP contribution in [0.1, 0.15) is 39.5 Å². The highest BCUT2D eigenvalue weighted by Gasteiger charge is 2.43. The number of ketones is 1. The van der Waals surface area contributed by atoms with Crippen LogP contribution in [0.25, 0.3) is 0 Å². The van der Waals surface area contributed by atoms with Crippen molar-refractivity contribution in [2.24, 2.45) is 5.10 Å². The lowest BCUT2D eigenvalue weighted by atomic mass is 9.95. The van der Waals surface area contributed by atoms with Gasteiger partial charge in [0.15, 0.2) is 0 Å². The van der Waals surface area contributed by atoms with Crippen LogP contribution in [0.15, 0.2) is 77.9 Å². The second kappa shape index (κ2) is 7.05. The molecule has 2 aliphatic heterocycles. The predicted molar refractivity (Wildman–Crippen MR) is 114 cm³/mol. The fraction of sp³-hybridized carbons (Fsp3) is 0.167. The third-order valence-electron chi connectivity index (χ3n) is 5.42. The van der Waals surface area contributed by atoms with Crippen LogP contribution in [0, 0.1) is 6.92 Å². The lowest BCUT2D eigenvalue weighted by Gasteiger charge is -2.37. The van der Waals surface area contributed by atoms with Gasteiger partial charge in [-0.2, -0.15) is 5.10 Å². The zero-order valence-electron chi connectivity index (χ0n) is 15.9. The van der Waals surface area contributed by atoms with Crippen LogP contribution in [0.4, 0.5) is 0 Å². The Kier molecular flexibility index (Phi) is 4.36. The van der Waals surface area contributed by atoms with Crippen molar-refractivity contribution in [3.05, 3.63) is 100 Å². The quantitative estimate of drug-likeness (QED) is 0.551. The zero-order chi connectivity index (χ0) is 20.0. The molecule has 0 saturated carbocycles. The third kappa shape index (κ3) is 3.19. The topological polar surface area (TPSA) is 41.9 Å². The molecule has 0 spiro atoms. The fourth-order valence-corrected chi connectivity index (χ4v) is 4.08. The van der Waals surface area contributed by atoms with Gasteiger partial charge in [-0.3, -0.25) is 4.79 Å². The lowest BCUT2D eigenvalue weighted by Crippen LogP contribution is -2.45. The van der Waals surface area contributed by atoms with Gasteiger partial charge in [-0.25, -0.2) is 5.01 Å². The number of fused-ring (bicyclic) bond motifs is 3. The average molecular weight is 403 g/mol. The Bertz CT molecular complexity index is 1110. The van der Waals surface area contributed by atoms with E-state index in [-0.39, 0.29) is 11.8 Å². The highest BCUT2D eigenvalue weighted by molar-refractivity contribution is 6.30. The van der Waals surface area contributed by atoms with Crippen LogP contribution in [-0.4, -0.2) is 22.7 Å². The molecule has 0 fully saturated rings. The maximum absolute atomic E-state index is 13.2. The summed E-state index contributed by atoms with van der Waals surface area (Å²) in [6.07, 6.45) is -0.114. The monoisotopic (exact) mass is 402 g/mol. The number of carbonyl (C=O) groups is 1. The van der Waals surface area contributed by atoms with Gasteiger partial charge in [0, 0.05) is 22.6 Å². The molecule has 3 aromatic rings. The number of aryl methyl sites for hydroxylation is 1. The molecule has 2 atom stereocenters. The van der Waals surface area contributed by atoms with E-state index < -0.39 is 6.23 Å². The first kappa shape index (κ1) is 18.0. The van der Waals surface area contributed by atoms with Crippen molar-refractivity contribution in [3.63, 3.8) is 0 Å². The van der Waals surface area contributed by atoms with Crippen LogP contribution in [0.5, 0.6) is 5.75 Å². The van der Waals surface area contributed by atoms with Crippen LogP contribution >= 0.6 is 11.6 Å². The highest BCUT2D eigenvalue weighted by Crippen LogP contribution is 2.44. The van der Waals surface area contributed by atoms with Gasteiger partial charge in [-0.15, -0.1) is 0 Å². The SMILES string of the molecule is Cc1ccc(C2=NN3[C@H](C2)c2cc(Cl)ccc2O[C@H]3C(=O)c2ccccc2)cc1. The molecular weight excluding hydrogens is 384 g/mol. The van der Waals surface area contributed by atoms with Gasteiger partial charge in [0.2, 0.25) is 5.78 Å². The van der Waals surface area contributed by atoms with Crippen molar-refractivity contribution in [1.29, 1.82) is 0 Å². The summed E-state index contributed by atoms with van der Waals surface area (Å²) in [6, 6.07) is 22.9. The average Bonchev–Trinajstić information content (AvgIpc) is 3.20. The van der Waals surface area contributed by atoms with E-state index in [0.717, 1.165) is 16.8 Å². The Morgan fingerprint density at radius 1 is 1.07 bits per heavy atom. The Morgan fingerprint density at radius 3 is 2.59 bits per heavy atom. The number of hydrogen-bond acceptors (Lipinski definition) is 4. The molecule has 144 valence electrons. The molecule has 0 amide bonds. The van der Waals surface area contributed by atoms with Gasteiger partial charge in [0.25, 0.3) is 6.23 Å². The molecule has 29 heavy (non-hydrogen) atoms. The van der Waals surface area contributed by atoms with E-state index in [4.69, 9.17) is 21.4 Å². The molecule has 0 aromatic heterocycles. The first-order valence-corrected chi connectivity index (χ1v) is 9.96. The number of benzene rings is 3. The normalized spacial score (nSPS) is 19.8. The number of carbonyl (C=O) groups excluding carboxylic acids is 1. The Balaban J connectivity index is 1.58. The number of Topliss-reactive ketones (excluding diaryl/α,β-unsaturated/α-hetero) is 1. The maximum Gasteiger partial charge on any atom is 0.251 e. The maximum atomic E-state index is 13.2. The van der Waals surface area contributed by atoms with Gasteiger partial charge >= 0.3 is 0 Å². The standard InChI is InChI=1S/C24H19ClN2O2/c1-15-7-9-16(10-8-15)20-14-21-19-13-18(25)11-12-22(19)29-24(27(21)26-20)23(28)17-5-3-2-4-6-17/h2-13,21,24H,14H2,1H3/t21-,24+/m1/s1. The van der Waals surface area contributed by atoms with Crippen LogP contribution in [0.2, 0.25) is 5.02 Å². The van der Waals surface area contributed by atoms with Gasteiger partial charge in [0.1, 0.15) is 5.75 Å². The van der Waals surface area contributed by atoms with Crippen LogP contribution in [-0.2, 0) is 0 Å². The first-order chi connectivity index (χ1) is 14.1. The largest absolute Gasteiger partial charge is 0.461 e. The molecule has 0 bridgehead atoms. The lowest BCUT2D eigenvalue weighted by molar-refractivity contribution is -0.00455. The van der Waals surface area contributed by atoms with Crippen LogP contribution in [0.3, 0.4) is 0 Å². The molecule has 5 rings (SSSR count). The second-order valence-electron chi connectivity index (χ2n) is 7.40. The van der Waals surface area contributed by atoms with Crippen molar-refractivity contribution in [2.75, 3.05) is 0 Å². The van der Waals surface area contributed by atoms with Crippen molar-refractivity contribution >= 4 is 23.1 Å². The van der Waals surface area contributed by atoms with Gasteiger partial charge in [0.05, 0.1) is 11.8 Å². The zero-order valence-corrected chi connectivity index (χ0v) is 16.6. The van der Waals surface area contributed by atoms with Crippen molar-refractivity contribution < 1.29 is 9.53 Å². The van der Waals surface area contributed by atoms with Gasteiger partial charge in [-0.1, -0.05) is 71.8 Å². The number of nitrogens with zero attached hydrogens (tertiary/aromatic N) is 2. The predicted octanol–water partition coefficient (Wildman–Crippen LogP) is 5.40. The highest BCUT2D eigenvalue weighted by atomic mass is 35.5. The number of hydrazone groups is 1. The summed E-state index contributed by atoms with van der Waals surface area (Å²) in [6.45, 7) is 2.06.